The van der Waals surface area contributed by atoms with Gasteiger partial charge in [0.15, 0.2) is 0 Å². The van der Waals surface area contributed by atoms with Crippen molar-refractivity contribution in [1.82, 2.24) is 20.2 Å². The number of thiazole rings is 1. The van der Waals surface area contributed by atoms with Gasteiger partial charge in [0.1, 0.15) is 16.5 Å². The number of nitrogens with one attached hydrogen (secondary N) is 2. The molecule has 7 heteroatoms. The van der Waals surface area contributed by atoms with Crippen LogP contribution in [-0.2, 0) is 19.5 Å². The molecule has 1 atom stereocenters. The molecule has 1 amide bonds. The van der Waals surface area contributed by atoms with E-state index in [0.29, 0.717) is 24.3 Å². The SMILES string of the molecule is CCC(C)NC(=O)c1csc(CN(CCc2c[nH]c3ccccc23)Cc2ccccc2F)n1. The Bertz CT molecular complexity index is 1220. The molecule has 33 heavy (non-hydrogen) atoms. The third-order valence-corrected chi connectivity index (χ3v) is 6.69. The molecule has 4 aromatic rings. The summed E-state index contributed by atoms with van der Waals surface area (Å²) in [5, 5.41) is 6.82. The highest BCUT2D eigenvalue weighted by molar-refractivity contribution is 7.09. The first-order valence-electron chi connectivity index (χ1n) is 11.3. The Hall–Kier alpha value is -3.03. The molecule has 172 valence electrons. The van der Waals surface area contributed by atoms with Gasteiger partial charge in [-0.25, -0.2) is 9.37 Å². The second-order valence-corrected chi connectivity index (χ2v) is 9.26. The van der Waals surface area contributed by atoms with Crippen LogP contribution in [0.3, 0.4) is 0 Å². The number of hydrogen-bond acceptors (Lipinski definition) is 4. The highest BCUT2D eigenvalue weighted by Crippen LogP contribution is 2.21. The van der Waals surface area contributed by atoms with Gasteiger partial charge in [-0.05, 0) is 37.5 Å². The lowest BCUT2D eigenvalue weighted by Crippen LogP contribution is -2.32. The predicted molar refractivity (Wildman–Crippen MR) is 132 cm³/mol. The number of carbonyl (C=O) groups is 1. The maximum atomic E-state index is 14.4. The molecule has 2 N–H and O–H groups in total. The largest absolute Gasteiger partial charge is 0.361 e. The number of hydrogen-bond donors (Lipinski definition) is 2. The molecule has 2 heterocycles. The van der Waals surface area contributed by atoms with Crippen LogP contribution >= 0.6 is 11.3 Å². The fraction of sp³-hybridized carbons (Fsp3) is 0.308. The number of H-pyrrole nitrogens is 1. The molecule has 1 unspecified atom stereocenters. The topological polar surface area (TPSA) is 61.0 Å². The predicted octanol–water partition coefficient (Wildman–Crippen LogP) is 5.54. The molecule has 5 nitrogen and oxygen atoms in total. The van der Waals surface area contributed by atoms with Crippen molar-refractivity contribution in [3.63, 3.8) is 0 Å². The van der Waals surface area contributed by atoms with Crippen molar-refractivity contribution in [1.29, 1.82) is 0 Å². The molecule has 0 aliphatic rings. The molecular formula is C26H29FN4OS. The molecule has 4 rings (SSSR count). The minimum absolute atomic E-state index is 0.108. The molecular weight excluding hydrogens is 435 g/mol. The van der Waals surface area contributed by atoms with Gasteiger partial charge < -0.3 is 10.3 Å². The van der Waals surface area contributed by atoms with Crippen LogP contribution in [0.25, 0.3) is 10.9 Å². The Labute approximate surface area is 197 Å². The number of amides is 1. The first-order valence-corrected chi connectivity index (χ1v) is 12.2. The number of carbonyl (C=O) groups excluding carboxylic acids is 1. The van der Waals surface area contributed by atoms with E-state index in [1.54, 1.807) is 11.4 Å². The molecule has 0 radical (unpaired) electrons. The second-order valence-electron chi connectivity index (χ2n) is 8.32. The lowest BCUT2D eigenvalue weighted by Gasteiger charge is -2.21. The Morgan fingerprint density at radius 2 is 1.94 bits per heavy atom. The molecule has 0 spiro atoms. The van der Waals surface area contributed by atoms with Crippen molar-refractivity contribution >= 4 is 28.1 Å². The van der Waals surface area contributed by atoms with Crippen LogP contribution in [0.1, 0.15) is 46.9 Å². The Balaban J connectivity index is 1.49. The van der Waals surface area contributed by atoms with E-state index in [9.17, 15) is 9.18 Å². The summed E-state index contributed by atoms with van der Waals surface area (Å²) in [5.41, 5.74) is 3.45. The zero-order valence-electron chi connectivity index (χ0n) is 19.0. The molecule has 0 saturated carbocycles. The summed E-state index contributed by atoms with van der Waals surface area (Å²) in [6.45, 7) is 5.78. The maximum absolute atomic E-state index is 14.4. The zero-order valence-corrected chi connectivity index (χ0v) is 19.8. The van der Waals surface area contributed by atoms with Gasteiger partial charge >= 0.3 is 0 Å². The van der Waals surface area contributed by atoms with E-state index in [0.717, 1.165) is 29.9 Å². The molecule has 0 fully saturated rings. The van der Waals surface area contributed by atoms with E-state index >= 15 is 0 Å². The van der Waals surface area contributed by atoms with Crippen LogP contribution in [0.2, 0.25) is 0 Å². The number of aromatic amines is 1. The first-order chi connectivity index (χ1) is 16.0. The van der Waals surface area contributed by atoms with Gasteiger partial charge in [-0.3, -0.25) is 9.69 Å². The van der Waals surface area contributed by atoms with Gasteiger partial charge in [0.2, 0.25) is 0 Å². The van der Waals surface area contributed by atoms with Crippen LogP contribution in [0.4, 0.5) is 4.39 Å². The fourth-order valence-electron chi connectivity index (χ4n) is 3.78. The summed E-state index contributed by atoms with van der Waals surface area (Å²) in [4.78, 5) is 22.5. The van der Waals surface area contributed by atoms with Gasteiger partial charge in [0.05, 0.1) is 6.54 Å². The number of fused-ring (bicyclic) bond motifs is 1. The lowest BCUT2D eigenvalue weighted by molar-refractivity contribution is 0.0934. The van der Waals surface area contributed by atoms with Crippen LogP contribution in [-0.4, -0.2) is 33.4 Å². The van der Waals surface area contributed by atoms with Crippen molar-refractivity contribution in [2.45, 2.75) is 45.8 Å². The normalized spacial score (nSPS) is 12.4. The van der Waals surface area contributed by atoms with E-state index in [1.165, 1.54) is 28.4 Å². The monoisotopic (exact) mass is 464 g/mol. The maximum Gasteiger partial charge on any atom is 0.270 e. The molecule has 0 saturated heterocycles. The molecule has 0 aliphatic carbocycles. The van der Waals surface area contributed by atoms with E-state index in [4.69, 9.17) is 0 Å². The van der Waals surface area contributed by atoms with Gasteiger partial charge in [-0.2, -0.15) is 0 Å². The summed E-state index contributed by atoms with van der Waals surface area (Å²) in [7, 11) is 0. The second kappa shape index (κ2) is 10.7. The average molecular weight is 465 g/mol. The van der Waals surface area contributed by atoms with Gasteiger partial charge in [0.25, 0.3) is 5.91 Å². The van der Waals surface area contributed by atoms with Crippen molar-refractivity contribution < 1.29 is 9.18 Å². The Morgan fingerprint density at radius 1 is 1.15 bits per heavy atom. The van der Waals surface area contributed by atoms with Crippen molar-refractivity contribution in [3.8, 4) is 0 Å². The number of nitrogens with zero attached hydrogens (tertiary/aromatic N) is 2. The highest BCUT2D eigenvalue weighted by Gasteiger charge is 2.16. The van der Waals surface area contributed by atoms with E-state index in [2.05, 4.69) is 32.3 Å². The molecule has 0 aliphatic heterocycles. The summed E-state index contributed by atoms with van der Waals surface area (Å²) >= 11 is 1.47. The van der Waals surface area contributed by atoms with Crippen LogP contribution in [0, 0.1) is 5.82 Å². The molecule has 2 aromatic heterocycles. The molecule has 2 aromatic carbocycles. The summed E-state index contributed by atoms with van der Waals surface area (Å²) in [5.74, 6) is -0.353. The minimum Gasteiger partial charge on any atom is -0.361 e. The fourth-order valence-corrected chi connectivity index (χ4v) is 4.59. The summed E-state index contributed by atoms with van der Waals surface area (Å²) in [6, 6.07) is 15.2. The smallest absolute Gasteiger partial charge is 0.270 e. The van der Waals surface area contributed by atoms with Gasteiger partial charge in [-0.1, -0.05) is 43.3 Å². The van der Waals surface area contributed by atoms with Crippen molar-refractivity contribution in [2.24, 2.45) is 0 Å². The number of halogens is 1. The minimum atomic E-state index is -0.206. The molecule has 0 bridgehead atoms. The Kier molecular flexibility index (Phi) is 7.52. The first kappa shape index (κ1) is 23.1. The number of para-hydroxylation sites is 1. The zero-order chi connectivity index (χ0) is 23.2. The highest BCUT2D eigenvalue weighted by atomic mass is 32.1. The third kappa shape index (κ3) is 5.86. The Morgan fingerprint density at radius 3 is 2.76 bits per heavy atom. The standard InChI is InChI=1S/C26H29FN4OS/c1-3-18(2)29-26(32)24-17-33-25(30-24)16-31(15-20-8-4-6-10-22(20)27)13-12-19-14-28-23-11-7-5-9-21(19)23/h4-11,14,17-18,28H,3,12-13,15-16H2,1-2H3,(H,29,32). The van der Waals surface area contributed by atoms with Gasteiger partial charge in [-0.15, -0.1) is 11.3 Å². The van der Waals surface area contributed by atoms with Gasteiger partial charge in [0, 0.05) is 47.2 Å². The van der Waals surface area contributed by atoms with Crippen LogP contribution < -0.4 is 5.32 Å². The third-order valence-electron chi connectivity index (χ3n) is 5.86. The quantitative estimate of drug-likeness (QED) is 0.324. The summed E-state index contributed by atoms with van der Waals surface area (Å²) in [6.07, 6.45) is 3.74. The van der Waals surface area contributed by atoms with Crippen LogP contribution in [0.5, 0.6) is 0 Å². The van der Waals surface area contributed by atoms with Crippen molar-refractivity contribution in [3.05, 3.63) is 87.8 Å². The lowest BCUT2D eigenvalue weighted by atomic mass is 10.1. The summed E-state index contributed by atoms with van der Waals surface area (Å²) < 4.78 is 14.4. The average Bonchev–Trinajstić information content (AvgIpc) is 3.46. The van der Waals surface area contributed by atoms with E-state index in [-0.39, 0.29) is 17.8 Å². The van der Waals surface area contributed by atoms with Crippen molar-refractivity contribution in [2.75, 3.05) is 6.54 Å². The van der Waals surface area contributed by atoms with E-state index in [1.807, 2.05) is 44.3 Å². The number of rotatable bonds is 10. The number of benzene rings is 2. The van der Waals surface area contributed by atoms with Crippen LogP contribution in [0.15, 0.2) is 60.1 Å². The number of aromatic nitrogens is 2. The van der Waals surface area contributed by atoms with E-state index < -0.39 is 0 Å².